The SMILES string of the molecule is CC.CC.CC=O.CCC(=O)NC(C(=O)N(C)C)c1ccccc1.CCC(C)(CC)C[C@@H]1CC(C(=O)NC(CC(C)C)C(C)=O)N(C(=O)C(NC(=O)OC(C)(C)CC)C2(C)CCC2)C1. The first-order valence-corrected chi connectivity index (χ1v) is 24.0. The van der Waals surface area contributed by atoms with Crippen LogP contribution in [-0.2, 0) is 33.5 Å². The van der Waals surface area contributed by atoms with Gasteiger partial charge in [0.25, 0.3) is 0 Å². The second-order valence-electron chi connectivity index (χ2n) is 18.5. The number of rotatable bonds is 18. The number of ketones is 1. The molecule has 5 atom stereocenters. The first-order chi connectivity index (χ1) is 30.0. The minimum atomic E-state index is -0.779. The van der Waals surface area contributed by atoms with Gasteiger partial charge in [-0.15, -0.1) is 0 Å². The molecule has 1 aromatic rings. The van der Waals surface area contributed by atoms with Crippen LogP contribution in [0.2, 0.25) is 0 Å². The van der Waals surface area contributed by atoms with Crippen LogP contribution in [0, 0.1) is 22.7 Å². The van der Waals surface area contributed by atoms with Gasteiger partial charge in [0.05, 0.1) is 6.04 Å². The summed E-state index contributed by atoms with van der Waals surface area (Å²) in [5.41, 5.74) is -0.125. The summed E-state index contributed by atoms with van der Waals surface area (Å²) in [5, 5.41) is 8.63. The summed E-state index contributed by atoms with van der Waals surface area (Å²) < 4.78 is 5.66. The molecule has 2 fully saturated rings. The first kappa shape index (κ1) is 61.8. The van der Waals surface area contributed by atoms with Gasteiger partial charge in [-0.25, -0.2) is 4.79 Å². The van der Waals surface area contributed by atoms with E-state index in [9.17, 15) is 28.8 Å². The molecule has 1 saturated heterocycles. The number of nitrogens with one attached hydrogen (secondary N) is 3. The highest BCUT2D eigenvalue weighted by atomic mass is 16.6. The summed E-state index contributed by atoms with van der Waals surface area (Å²) in [6.45, 7) is 31.5. The quantitative estimate of drug-likeness (QED) is 0.122. The minimum Gasteiger partial charge on any atom is -0.444 e. The van der Waals surface area contributed by atoms with Gasteiger partial charge in [-0.3, -0.25) is 24.0 Å². The highest BCUT2D eigenvalue weighted by Crippen LogP contribution is 2.45. The predicted octanol–water partition coefficient (Wildman–Crippen LogP) is 9.61. The van der Waals surface area contributed by atoms with Gasteiger partial charge in [0.1, 0.15) is 30.0 Å². The van der Waals surface area contributed by atoms with Gasteiger partial charge in [-0.05, 0) is 94.4 Å². The molecule has 64 heavy (non-hydrogen) atoms. The molecule has 1 saturated carbocycles. The number of hydrogen-bond donors (Lipinski definition) is 3. The van der Waals surface area contributed by atoms with Crippen molar-refractivity contribution in [2.45, 2.75) is 205 Å². The number of carbonyl (C=O) groups excluding carboxylic acids is 7. The molecule has 0 spiro atoms. The van der Waals surface area contributed by atoms with E-state index >= 15 is 0 Å². The Morgan fingerprint density at radius 1 is 0.891 bits per heavy atom. The molecule has 368 valence electrons. The summed E-state index contributed by atoms with van der Waals surface area (Å²) >= 11 is 0. The predicted molar refractivity (Wildman–Crippen MR) is 259 cm³/mol. The van der Waals surface area contributed by atoms with Gasteiger partial charge >= 0.3 is 6.09 Å². The molecule has 1 aromatic carbocycles. The lowest BCUT2D eigenvalue weighted by Crippen LogP contribution is -2.61. The monoisotopic (exact) mass is 902 g/mol. The fourth-order valence-corrected chi connectivity index (χ4v) is 7.51. The molecule has 1 aliphatic carbocycles. The maximum Gasteiger partial charge on any atom is 0.408 e. The number of ether oxygens (including phenoxy) is 1. The van der Waals surface area contributed by atoms with E-state index in [-0.39, 0.29) is 46.7 Å². The van der Waals surface area contributed by atoms with Crippen LogP contribution in [0.15, 0.2) is 30.3 Å². The third kappa shape index (κ3) is 20.7. The molecule has 1 aliphatic heterocycles. The Balaban J connectivity index is 0. The van der Waals surface area contributed by atoms with E-state index in [2.05, 4.69) is 36.7 Å². The van der Waals surface area contributed by atoms with Crippen LogP contribution in [0.1, 0.15) is 187 Å². The van der Waals surface area contributed by atoms with E-state index in [0.717, 1.165) is 50.4 Å². The topological polar surface area (TPSA) is 171 Å². The van der Waals surface area contributed by atoms with Crippen molar-refractivity contribution >= 4 is 41.8 Å². The summed E-state index contributed by atoms with van der Waals surface area (Å²) in [7, 11) is 3.35. The van der Waals surface area contributed by atoms with Gasteiger partial charge in [0, 0.05) is 27.1 Å². The second-order valence-corrected chi connectivity index (χ2v) is 18.5. The molecule has 2 aliphatic rings. The maximum absolute atomic E-state index is 14.3. The zero-order chi connectivity index (χ0) is 50.0. The number of amides is 5. The van der Waals surface area contributed by atoms with Crippen LogP contribution in [0.4, 0.5) is 4.79 Å². The number of hydrogen-bond acceptors (Lipinski definition) is 8. The standard InChI is InChI=1S/C32H57N3O5.C13H18N2O2.C2H4O.2C2H6/c1-11-30(7,8)40-29(39)34-26(32(10)15-14-16-32)28(38)35-20-23(19-31(9,12-2)13-3)18-25(35)27(37)33-24(22(6)36)17-21(4)5;1-4-11(16)14-12(13(17)15(2)3)10-8-6-5-7-9-10;1-2-3;2*1-2/h21,23-26H,11-20H2,1-10H3,(H,33,37)(H,34,39);5-9,12H,4H2,1-3H3,(H,14,16);2H,1H3;2*1-2H3/t23-,24?,25?,26?;;;;/m0..../s1. The lowest BCUT2D eigenvalue weighted by atomic mass is 9.65. The van der Waals surface area contributed by atoms with E-state index in [1.165, 1.54) is 18.7 Å². The molecule has 5 amide bonds. The molecule has 0 bridgehead atoms. The van der Waals surface area contributed by atoms with Crippen LogP contribution < -0.4 is 16.0 Å². The maximum atomic E-state index is 14.3. The van der Waals surface area contributed by atoms with Crippen molar-refractivity contribution in [3.05, 3.63) is 35.9 Å². The molecule has 0 radical (unpaired) electrons. The number of aldehydes is 1. The second kappa shape index (κ2) is 30.8. The van der Waals surface area contributed by atoms with Crippen molar-refractivity contribution in [1.82, 2.24) is 25.8 Å². The van der Waals surface area contributed by atoms with Crippen molar-refractivity contribution in [2.75, 3.05) is 20.6 Å². The van der Waals surface area contributed by atoms with Crippen LogP contribution in [-0.4, -0.2) is 96.0 Å². The van der Waals surface area contributed by atoms with E-state index in [4.69, 9.17) is 9.53 Å². The van der Waals surface area contributed by atoms with Gasteiger partial charge in [0.2, 0.25) is 23.6 Å². The Morgan fingerprint density at radius 3 is 1.83 bits per heavy atom. The van der Waals surface area contributed by atoms with Crippen molar-refractivity contribution < 1.29 is 38.3 Å². The molecular weight excluding hydrogens is 811 g/mol. The van der Waals surface area contributed by atoms with Gasteiger partial charge in [-0.1, -0.05) is 133 Å². The first-order valence-electron chi connectivity index (χ1n) is 24.0. The number of likely N-dealkylation sites (N-methyl/N-ethyl adjacent to an activating group) is 1. The van der Waals surface area contributed by atoms with Gasteiger partial charge < -0.3 is 35.3 Å². The van der Waals surface area contributed by atoms with E-state index in [1.807, 2.05) is 99.6 Å². The fourth-order valence-electron chi connectivity index (χ4n) is 7.51. The number of likely N-dealkylation sites (tertiary alicyclic amines) is 1. The molecule has 1 heterocycles. The average molecular weight is 902 g/mol. The number of carbonyl (C=O) groups is 7. The van der Waals surface area contributed by atoms with E-state index in [1.54, 1.807) is 25.9 Å². The zero-order valence-electron chi connectivity index (χ0n) is 43.4. The molecule has 0 aromatic heterocycles. The molecule has 3 N–H and O–H groups in total. The number of nitrogens with zero attached hydrogens (tertiary/aromatic N) is 2. The molecular formula is C51H91N5O8. The number of Topliss-reactive ketones (excluding diaryl/α,β-unsaturated/α-hetero) is 1. The smallest absolute Gasteiger partial charge is 0.408 e. The van der Waals surface area contributed by atoms with Crippen LogP contribution in [0.5, 0.6) is 0 Å². The number of benzene rings is 1. The zero-order valence-corrected chi connectivity index (χ0v) is 43.4. The number of alkyl carbamates (subject to hydrolysis) is 1. The Labute approximate surface area is 388 Å². The molecule has 4 unspecified atom stereocenters. The van der Waals surface area contributed by atoms with Crippen molar-refractivity contribution in [2.24, 2.45) is 22.7 Å². The third-order valence-corrected chi connectivity index (χ3v) is 12.3. The van der Waals surface area contributed by atoms with Crippen LogP contribution in [0.3, 0.4) is 0 Å². The Kier molecular flexibility index (Phi) is 29.7. The largest absolute Gasteiger partial charge is 0.444 e. The Bertz CT molecular complexity index is 1550. The summed E-state index contributed by atoms with van der Waals surface area (Å²) in [6.07, 6.45) is 7.85. The molecule has 13 heteroatoms. The van der Waals surface area contributed by atoms with Gasteiger partial charge in [-0.2, -0.15) is 0 Å². The Morgan fingerprint density at radius 2 is 1.42 bits per heavy atom. The summed E-state index contributed by atoms with van der Waals surface area (Å²) in [6, 6.07) is 6.61. The lowest BCUT2D eigenvalue weighted by molar-refractivity contribution is -0.144. The van der Waals surface area contributed by atoms with Crippen molar-refractivity contribution in [1.29, 1.82) is 0 Å². The van der Waals surface area contributed by atoms with Crippen molar-refractivity contribution in [3.8, 4) is 0 Å². The minimum absolute atomic E-state index is 0.0816. The summed E-state index contributed by atoms with van der Waals surface area (Å²) in [4.78, 5) is 88.8. The van der Waals surface area contributed by atoms with E-state index < -0.39 is 41.3 Å². The lowest BCUT2D eigenvalue weighted by Gasteiger charge is -2.46. The van der Waals surface area contributed by atoms with Crippen LogP contribution in [0.25, 0.3) is 0 Å². The van der Waals surface area contributed by atoms with Crippen molar-refractivity contribution in [3.63, 3.8) is 0 Å². The van der Waals surface area contributed by atoms with E-state index in [0.29, 0.717) is 32.2 Å². The highest BCUT2D eigenvalue weighted by Gasteiger charge is 2.51. The average Bonchev–Trinajstić information content (AvgIpc) is 3.68. The molecule has 13 nitrogen and oxygen atoms in total. The van der Waals surface area contributed by atoms with Crippen LogP contribution >= 0.6 is 0 Å². The van der Waals surface area contributed by atoms with Gasteiger partial charge in [0.15, 0.2) is 5.78 Å². The highest BCUT2D eigenvalue weighted by molar-refractivity contribution is 5.95. The molecule has 3 rings (SSSR count). The fraction of sp³-hybridized carbons (Fsp3) is 0.745. The summed E-state index contributed by atoms with van der Waals surface area (Å²) in [5.74, 6) is -0.448. The normalized spacial score (nSPS) is 17.5. The Hall–Kier alpha value is -4.29. The third-order valence-electron chi connectivity index (χ3n) is 12.3.